The quantitative estimate of drug-likeness (QED) is 0.860. The molecule has 7 nitrogen and oxygen atoms in total. The van der Waals surface area contributed by atoms with Crippen LogP contribution in [0.1, 0.15) is 43.0 Å². The second-order valence-electron chi connectivity index (χ2n) is 6.11. The van der Waals surface area contributed by atoms with Crippen LogP contribution >= 0.6 is 0 Å². The normalized spacial score (nSPS) is 16.3. The van der Waals surface area contributed by atoms with Crippen LogP contribution in [0.3, 0.4) is 0 Å². The van der Waals surface area contributed by atoms with Crippen molar-refractivity contribution in [2.75, 3.05) is 21.3 Å². The minimum absolute atomic E-state index is 0.417. The maximum Gasteiger partial charge on any atom is 0.250 e. The Kier molecular flexibility index (Phi) is 4.94. The average Bonchev–Trinajstić information content (AvgIpc) is 3.29. The molecule has 0 radical (unpaired) electrons. The highest BCUT2D eigenvalue weighted by atomic mass is 16.5. The van der Waals surface area contributed by atoms with Crippen molar-refractivity contribution in [1.29, 1.82) is 0 Å². The Morgan fingerprint density at radius 1 is 1.04 bits per heavy atom. The molecule has 2 aromatic rings. The van der Waals surface area contributed by atoms with Gasteiger partial charge in [-0.3, -0.25) is 0 Å². The number of ether oxygens (including phenoxy) is 3. The standard InChI is InChI=1S/C18H23N3O4/c1-22-13-10-12(11-14(23-2)16(13)24-3)6-7-15-20-17(21-25-15)18(19)8-4-5-9-18/h6-7,10-11H,4-5,8-9,19H2,1-3H3/b7-6+. The molecule has 1 aliphatic carbocycles. The summed E-state index contributed by atoms with van der Waals surface area (Å²) in [6.45, 7) is 0. The fourth-order valence-corrected chi connectivity index (χ4v) is 3.10. The molecule has 0 saturated heterocycles. The van der Waals surface area contributed by atoms with Gasteiger partial charge in [0, 0.05) is 6.08 Å². The monoisotopic (exact) mass is 345 g/mol. The van der Waals surface area contributed by atoms with Gasteiger partial charge in [-0.15, -0.1) is 0 Å². The summed E-state index contributed by atoms with van der Waals surface area (Å²) in [4.78, 5) is 4.42. The fourth-order valence-electron chi connectivity index (χ4n) is 3.10. The van der Waals surface area contributed by atoms with Gasteiger partial charge in [-0.05, 0) is 36.6 Å². The van der Waals surface area contributed by atoms with Gasteiger partial charge in [0.05, 0.1) is 26.9 Å². The topological polar surface area (TPSA) is 92.6 Å². The lowest BCUT2D eigenvalue weighted by atomic mass is 9.99. The first-order chi connectivity index (χ1) is 12.1. The first-order valence-corrected chi connectivity index (χ1v) is 8.21. The molecule has 3 rings (SSSR count). The molecule has 0 amide bonds. The van der Waals surface area contributed by atoms with Gasteiger partial charge in [0.2, 0.25) is 5.75 Å². The van der Waals surface area contributed by atoms with E-state index in [9.17, 15) is 0 Å². The third-order valence-corrected chi connectivity index (χ3v) is 4.49. The van der Waals surface area contributed by atoms with Crippen LogP contribution in [0.4, 0.5) is 0 Å². The van der Waals surface area contributed by atoms with Crippen LogP contribution in [0.5, 0.6) is 17.2 Å². The van der Waals surface area contributed by atoms with E-state index in [2.05, 4.69) is 10.1 Å². The van der Waals surface area contributed by atoms with Crippen molar-refractivity contribution in [1.82, 2.24) is 10.1 Å². The van der Waals surface area contributed by atoms with Crippen LogP contribution < -0.4 is 19.9 Å². The van der Waals surface area contributed by atoms with E-state index in [1.165, 1.54) is 0 Å². The molecule has 1 aromatic carbocycles. The van der Waals surface area contributed by atoms with Crippen LogP contribution in [0.25, 0.3) is 12.2 Å². The number of nitrogens with two attached hydrogens (primary N) is 1. The SMILES string of the molecule is COc1cc(/C=C/c2nc(C3(N)CCCC3)no2)cc(OC)c1OC. The maximum atomic E-state index is 6.35. The Labute approximate surface area is 146 Å². The molecule has 1 aliphatic rings. The molecule has 2 N–H and O–H groups in total. The van der Waals surface area contributed by atoms with Gasteiger partial charge in [-0.25, -0.2) is 0 Å². The van der Waals surface area contributed by atoms with Gasteiger partial charge in [-0.1, -0.05) is 18.0 Å². The minimum atomic E-state index is -0.456. The Morgan fingerprint density at radius 2 is 1.68 bits per heavy atom. The molecule has 7 heteroatoms. The lowest BCUT2D eigenvalue weighted by Gasteiger charge is -2.17. The summed E-state index contributed by atoms with van der Waals surface area (Å²) in [6.07, 6.45) is 7.57. The van der Waals surface area contributed by atoms with E-state index < -0.39 is 5.54 Å². The number of hydrogen-bond donors (Lipinski definition) is 1. The summed E-state index contributed by atoms with van der Waals surface area (Å²) in [5.74, 6) is 2.71. The Hall–Kier alpha value is -2.54. The van der Waals surface area contributed by atoms with Gasteiger partial charge in [-0.2, -0.15) is 4.98 Å². The molecule has 1 heterocycles. The third-order valence-electron chi connectivity index (χ3n) is 4.49. The first kappa shape index (κ1) is 17.3. The minimum Gasteiger partial charge on any atom is -0.493 e. The molecule has 1 saturated carbocycles. The number of benzene rings is 1. The lowest BCUT2D eigenvalue weighted by Crippen LogP contribution is -2.34. The summed E-state index contributed by atoms with van der Waals surface area (Å²) in [5.41, 5.74) is 6.76. The van der Waals surface area contributed by atoms with Crippen molar-refractivity contribution in [2.24, 2.45) is 5.73 Å². The van der Waals surface area contributed by atoms with Crippen molar-refractivity contribution in [2.45, 2.75) is 31.2 Å². The van der Waals surface area contributed by atoms with Gasteiger partial charge >= 0.3 is 0 Å². The Morgan fingerprint density at radius 3 is 2.24 bits per heavy atom. The van der Waals surface area contributed by atoms with Crippen LogP contribution in [0.2, 0.25) is 0 Å². The fraction of sp³-hybridized carbons (Fsp3) is 0.444. The van der Waals surface area contributed by atoms with Crippen LogP contribution in [0.15, 0.2) is 16.7 Å². The largest absolute Gasteiger partial charge is 0.493 e. The van der Waals surface area contributed by atoms with E-state index in [4.69, 9.17) is 24.5 Å². The average molecular weight is 345 g/mol. The van der Waals surface area contributed by atoms with Gasteiger partial charge in [0.15, 0.2) is 17.3 Å². The van der Waals surface area contributed by atoms with E-state index in [1.54, 1.807) is 27.4 Å². The van der Waals surface area contributed by atoms with E-state index >= 15 is 0 Å². The second-order valence-corrected chi connectivity index (χ2v) is 6.11. The molecule has 25 heavy (non-hydrogen) atoms. The van der Waals surface area contributed by atoms with Crippen LogP contribution in [-0.2, 0) is 5.54 Å². The smallest absolute Gasteiger partial charge is 0.250 e. The Bertz CT molecular complexity index is 738. The summed E-state index contributed by atoms with van der Waals surface area (Å²) < 4.78 is 21.3. The Balaban J connectivity index is 1.84. The molecule has 0 spiro atoms. The molecule has 1 aromatic heterocycles. The van der Waals surface area contributed by atoms with Gasteiger partial charge in [0.1, 0.15) is 0 Å². The summed E-state index contributed by atoms with van der Waals surface area (Å²) in [5, 5.41) is 4.05. The van der Waals surface area contributed by atoms with Crippen molar-refractivity contribution in [3.05, 3.63) is 29.4 Å². The van der Waals surface area contributed by atoms with Crippen molar-refractivity contribution < 1.29 is 18.7 Å². The number of hydrogen-bond acceptors (Lipinski definition) is 7. The predicted octanol–water partition coefficient (Wildman–Crippen LogP) is 2.99. The summed E-state index contributed by atoms with van der Waals surface area (Å²) in [6, 6.07) is 3.69. The summed E-state index contributed by atoms with van der Waals surface area (Å²) in [7, 11) is 4.73. The van der Waals surface area contributed by atoms with Crippen LogP contribution in [-0.4, -0.2) is 31.5 Å². The van der Waals surface area contributed by atoms with Gasteiger partial charge in [0.25, 0.3) is 5.89 Å². The molecule has 0 aliphatic heterocycles. The zero-order chi connectivity index (χ0) is 17.9. The predicted molar refractivity (Wildman–Crippen MR) is 93.7 cm³/mol. The molecule has 0 unspecified atom stereocenters. The van der Waals surface area contributed by atoms with Crippen molar-refractivity contribution in [3.8, 4) is 17.2 Å². The van der Waals surface area contributed by atoms with E-state index in [0.29, 0.717) is 29.0 Å². The number of nitrogens with zero attached hydrogens (tertiary/aromatic N) is 2. The van der Waals surface area contributed by atoms with Crippen LogP contribution in [0, 0.1) is 0 Å². The van der Waals surface area contributed by atoms with Crippen molar-refractivity contribution >= 4 is 12.2 Å². The molecular weight excluding hydrogens is 322 g/mol. The number of rotatable bonds is 6. The molecule has 0 bridgehead atoms. The molecule has 1 fully saturated rings. The van der Waals surface area contributed by atoms with Gasteiger partial charge < -0.3 is 24.5 Å². The maximum absolute atomic E-state index is 6.35. The third kappa shape index (κ3) is 3.46. The van der Waals surface area contributed by atoms with E-state index in [1.807, 2.05) is 18.2 Å². The number of methoxy groups -OCH3 is 3. The number of aromatic nitrogens is 2. The highest BCUT2D eigenvalue weighted by Crippen LogP contribution is 2.38. The molecule has 134 valence electrons. The van der Waals surface area contributed by atoms with E-state index in [0.717, 1.165) is 31.2 Å². The zero-order valence-corrected chi connectivity index (χ0v) is 14.7. The molecular formula is C18H23N3O4. The second kappa shape index (κ2) is 7.14. The summed E-state index contributed by atoms with van der Waals surface area (Å²) >= 11 is 0. The lowest BCUT2D eigenvalue weighted by molar-refractivity contribution is 0.324. The highest BCUT2D eigenvalue weighted by molar-refractivity contribution is 5.70. The zero-order valence-electron chi connectivity index (χ0n) is 14.7. The molecule has 0 atom stereocenters. The first-order valence-electron chi connectivity index (χ1n) is 8.21. The van der Waals surface area contributed by atoms with Crippen molar-refractivity contribution in [3.63, 3.8) is 0 Å². The highest BCUT2D eigenvalue weighted by Gasteiger charge is 2.35. The van der Waals surface area contributed by atoms with E-state index in [-0.39, 0.29) is 0 Å².